The molecule has 10 heteroatoms. The molecule has 134 valence electrons. The summed E-state index contributed by atoms with van der Waals surface area (Å²) in [5.41, 5.74) is 0.253. The van der Waals surface area contributed by atoms with E-state index in [1.54, 1.807) is 6.92 Å². The van der Waals surface area contributed by atoms with E-state index in [0.29, 0.717) is 5.56 Å². The third-order valence-corrected chi connectivity index (χ3v) is 5.05. The van der Waals surface area contributed by atoms with E-state index in [2.05, 4.69) is 0 Å². The molecule has 0 saturated carbocycles. The quantitative estimate of drug-likeness (QED) is 0.435. The predicted octanol–water partition coefficient (Wildman–Crippen LogP) is 2.10. The Morgan fingerprint density at radius 1 is 1.28 bits per heavy atom. The van der Waals surface area contributed by atoms with Crippen molar-refractivity contribution in [3.8, 4) is 0 Å². The number of carbonyl (C=O) groups is 1. The van der Waals surface area contributed by atoms with Crippen LogP contribution in [-0.4, -0.2) is 37.7 Å². The molecule has 0 aliphatic carbocycles. The minimum absolute atomic E-state index is 0.0185. The van der Waals surface area contributed by atoms with Crippen molar-refractivity contribution in [2.75, 3.05) is 14.1 Å². The van der Waals surface area contributed by atoms with Gasteiger partial charge in [0.05, 0.1) is 10.5 Å². The van der Waals surface area contributed by atoms with Gasteiger partial charge >= 0.3 is 5.97 Å². The zero-order valence-corrected chi connectivity index (χ0v) is 14.6. The molecule has 0 N–H and O–H groups in total. The van der Waals surface area contributed by atoms with Gasteiger partial charge in [-0.15, -0.1) is 0 Å². The van der Waals surface area contributed by atoms with E-state index in [1.807, 2.05) is 0 Å². The van der Waals surface area contributed by atoms with Crippen molar-refractivity contribution in [3.05, 3.63) is 57.3 Å². The lowest BCUT2D eigenvalue weighted by molar-refractivity contribution is -0.385. The topological polar surface area (TPSA) is 120 Å². The lowest BCUT2D eigenvalue weighted by Crippen LogP contribution is -2.21. The molecule has 0 radical (unpaired) electrons. The van der Waals surface area contributed by atoms with Crippen LogP contribution >= 0.6 is 0 Å². The van der Waals surface area contributed by atoms with Crippen LogP contribution in [-0.2, 0) is 21.4 Å². The van der Waals surface area contributed by atoms with Gasteiger partial charge in [-0.25, -0.2) is 17.5 Å². The molecule has 0 aliphatic rings. The van der Waals surface area contributed by atoms with Gasteiger partial charge in [-0.2, -0.15) is 0 Å². The van der Waals surface area contributed by atoms with E-state index in [4.69, 9.17) is 9.15 Å². The number of benzene rings is 1. The lowest BCUT2D eigenvalue weighted by Gasteiger charge is -2.08. The summed E-state index contributed by atoms with van der Waals surface area (Å²) >= 11 is 0. The normalized spacial score (nSPS) is 11.5. The molecule has 0 unspecified atom stereocenters. The van der Waals surface area contributed by atoms with Crippen molar-refractivity contribution in [1.29, 1.82) is 0 Å². The second-order valence-electron chi connectivity index (χ2n) is 5.34. The summed E-state index contributed by atoms with van der Waals surface area (Å²) in [5, 5.41) is 10.6. The standard InChI is InChI=1S/C15H16N2O7S/c1-10-4-5-11(8-13(10)17(19)20)15(18)23-9-12-6-7-14(24-12)25(21,22)16(2)3/h4-8H,9H2,1-3H3. The molecule has 1 aromatic heterocycles. The van der Waals surface area contributed by atoms with E-state index in [-0.39, 0.29) is 28.7 Å². The molecular formula is C15H16N2O7S. The number of nitro groups is 1. The summed E-state index contributed by atoms with van der Waals surface area (Å²) < 4.78 is 35.0. The van der Waals surface area contributed by atoms with E-state index in [9.17, 15) is 23.3 Å². The lowest BCUT2D eigenvalue weighted by atomic mass is 10.1. The first-order valence-corrected chi connectivity index (χ1v) is 8.50. The SMILES string of the molecule is Cc1ccc(C(=O)OCc2ccc(S(=O)(=O)N(C)C)o2)cc1[N+](=O)[O-]. The highest BCUT2D eigenvalue weighted by molar-refractivity contribution is 7.88. The number of esters is 1. The minimum Gasteiger partial charge on any atom is -0.454 e. The van der Waals surface area contributed by atoms with Gasteiger partial charge in [0, 0.05) is 25.7 Å². The first-order valence-electron chi connectivity index (χ1n) is 7.06. The predicted molar refractivity (Wildman–Crippen MR) is 86.5 cm³/mol. The molecule has 25 heavy (non-hydrogen) atoms. The largest absolute Gasteiger partial charge is 0.454 e. The van der Waals surface area contributed by atoms with Gasteiger partial charge in [0.25, 0.3) is 15.7 Å². The Bertz CT molecular complexity index is 916. The second-order valence-corrected chi connectivity index (χ2v) is 7.43. The molecule has 1 aromatic carbocycles. The Hall–Kier alpha value is -2.72. The Morgan fingerprint density at radius 3 is 2.56 bits per heavy atom. The van der Waals surface area contributed by atoms with Gasteiger partial charge in [-0.05, 0) is 25.1 Å². The number of hydrogen-bond acceptors (Lipinski definition) is 7. The number of hydrogen-bond donors (Lipinski definition) is 0. The van der Waals surface area contributed by atoms with Crippen molar-refractivity contribution in [2.24, 2.45) is 0 Å². The van der Waals surface area contributed by atoms with E-state index in [0.717, 1.165) is 10.4 Å². The van der Waals surface area contributed by atoms with Crippen molar-refractivity contribution in [2.45, 2.75) is 18.6 Å². The molecule has 0 fully saturated rings. The fraction of sp³-hybridized carbons (Fsp3) is 0.267. The van der Waals surface area contributed by atoms with E-state index < -0.39 is 20.9 Å². The summed E-state index contributed by atoms with van der Waals surface area (Å²) in [5.74, 6) is -0.646. The highest BCUT2D eigenvalue weighted by Crippen LogP contribution is 2.21. The molecule has 0 aliphatic heterocycles. The summed E-state index contributed by atoms with van der Waals surface area (Å²) in [6.07, 6.45) is 0. The molecule has 0 atom stereocenters. The number of furan rings is 1. The number of rotatable bonds is 6. The first-order chi connectivity index (χ1) is 11.6. The third kappa shape index (κ3) is 4.03. The Balaban J connectivity index is 2.10. The smallest absolute Gasteiger partial charge is 0.338 e. The number of aryl methyl sites for hydroxylation is 1. The minimum atomic E-state index is -3.72. The van der Waals surface area contributed by atoms with Crippen molar-refractivity contribution >= 4 is 21.7 Å². The fourth-order valence-electron chi connectivity index (χ4n) is 1.91. The maximum absolute atomic E-state index is 12.0. The van der Waals surface area contributed by atoms with E-state index in [1.165, 1.54) is 38.4 Å². The number of nitrogens with zero attached hydrogens (tertiary/aromatic N) is 2. The molecule has 0 spiro atoms. The van der Waals surface area contributed by atoms with Crippen LogP contribution in [0.4, 0.5) is 5.69 Å². The molecule has 2 aromatic rings. The number of carbonyl (C=O) groups excluding carboxylic acids is 1. The maximum atomic E-state index is 12.0. The van der Waals surface area contributed by atoms with Gasteiger partial charge in [0.1, 0.15) is 12.4 Å². The Morgan fingerprint density at radius 2 is 1.96 bits per heavy atom. The Labute approximate surface area is 144 Å². The zero-order chi connectivity index (χ0) is 18.8. The average molecular weight is 368 g/mol. The maximum Gasteiger partial charge on any atom is 0.338 e. The van der Waals surface area contributed by atoms with Gasteiger partial charge in [0.15, 0.2) is 0 Å². The van der Waals surface area contributed by atoms with Crippen LogP contribution in [0.3, 0.4) is 0 Å². The van der Waals surface area contributed by atoms with Crippen LogP contribution in [0.5, 0.6) is 0 Å². The summed E-state index contributed by atoms with van der Waals surface area (Å²) in [6, 6.07) is 6.62. The first kappa shape index (κ1) is 18.6. The molecule has 2 rings (SSSR count). The number of nitro benzene ring substituents is 1. The highest BCUT2D eigenvalue weighted by Gasteiger charge is 2.22. The highest BCUT2D eigenvalue weighted by atomic mass is 32.2. The van der Waals surface area contributed by atoms with Crippen molar-refractivity contribution < 1.29 is 27.3 Å². The molecule has 1 heterocycles. The average Bonchev–Trinajstić information content (AvgIpc) is 3.02. The molecule has 0 saturated heterocycles. The number of sulfonamides is 1. The van der Waals surface area contributed by atoms with Gasteiger partial charge in [0.2, 0.25) is 5.09 Å². The second kappa shape index (κ2) is 7.03. The van der Waals surface area contributed by atoms with Gasteiger partial charge in [-0.3, -0.25) is 10.1 Å². The monoisotopic (exact) mass is 368 g/mol. The molecule has 0 bridgehead atoms. The number of ether oxygens (including phenoxy) is 1. The summed E-state index contributed by atoms with van der Waals surface area (Å²) in [6.45, 7) is 1.26. The van der Waals surface area contributed by atoms with Crippen LogP contribution < -0.4 is 0 Å². The molecular weight excluding hydrogens is 352 g/mol. The van der Waals surface area contributed by atoms with Crippen molar-refractivity contribution in [3.63, 3.8) is 0 Å². The molecule has 0 amide bonds. The van der Waals surface area contributed by atoms with Crippen LogP contribution in [0.2, 0.25) is 0 Å². The van der Waals surface area contributed by atoms with E-state index >= 15 is 0 Å². The van der Waals surface area contributed by atoms with Crippen LogP contribution in [0.1, 0.15) is 21.7 Å². The van der Waals surface area contributed by atoms with Crippen LogP contribution in [0, 0.1) is 17.0 Å². The summed E-state index contributed by atoms with van der Waals surface area (Å²) in [7, 11) is -0.990. The van der Waals surface area contributed by atoms with Crippen molar-refractivity contribution in [1.82, 2.24) is 4.31 Å². The fourth-order valence-corrected chi connectivity index (χ4v) is 2.72. The van der Waals surface area contributed by atoms with Crippen LogP contribution in [0.25, 0.3) is 0 Å². The Kier molecular flexibility index (Phi) is 5.24. The molecule has 9 nitrogen and oxygen atoms in total. The van der Waals surface area contributed by atoms with Gasteiger partial charge < -0.3 is 9.15 Å². The third-order valence-electron chi connectivity index (χ3n) is 3.36. The van der Waals surface area contributed by atoms with Crippen LogP contribution in [0.15, 0.2) is 39.8 Å². The zero-order valence-electron chi connectivity index (χ0n) is 13.8. The van der Waals surface area contributed by atoms with Gasteiger partial charge in [-0.1, -0.05) is 6.07 Å². The summed E-state index contributed by atoms with van der Waals surface area (Å²) in [4.78, 5) is 22.3.